The number of fused-ring (bicyclic) bond motifs is 1. The highest BCUT2D eigenvalue weighted by Crippen LogP contribution is 2.31. The van der Waals surface area contributed by atoms with Crippen molar-refractivity contribution in [3.8, 4) is 11.6 Å². The summed E-state index contributed by atoms with van der Waals surface area (Å²) >= 11 is 6.14. The van der Waals surface area contributed by atoms with Gasteiger partial charge in [-0.3, -0.25) is 0 Å². The second-order valence-corrected chi connectivity index (χ2v) is 6.33. The van der Waals surface area contributed by atoms with E-state index in [1.54, 1.807) is 28.9 Å². The Balaban J connectivity index is 1.81. The van der Waals surface area contributed by atoms with Crippen LogP contribution in [0, 0.1) is 5.82 Å². The number of piperidine rings is 1. The van der Waals surface area contributed by atoms with Crippen LogP contribution >= 0.6 is 11.6 Å². The number of hydrogen-bond acceptors (Lipinski definition) is 3. The summed E-state index contributed by atoms with van der Waals surface area (Å²) in [7, 11) is 0. The molecule has 1 aliphatic rings. The summed E-state index contributed by atoms with van der Waals surface area (Å²) in [5.74, 6) is 0.174. The standard InChI is InChI=1S/C18H17ClFN3O/c19-12-5-6-16-14(11-12)18(24-13-7-9-21-10-8-13)22-23(16)17-4-2-1-3-15(17)20/h1-6,11,13,21H,7-10H2. The smallest absolute Gasteiger partial charge is 0.241 e. The third-order valence-electron chi connectivity index (χ3n) is 4.25. The van der Waals surface area contributed by atoms with Crippen LogP contribution in [0.2, 0.25) is 5.02 Å². The van der Waals surface area contributed by atoms with Crippen molar-refractivity contribution < 1.29 is 9.13 Å². The molecule has 0 radical (unpaired) electrons. The quantitative estimate of drug-likeness (QED) is 0.781. The SMILES string of the molecule is Fc1ccccc1-n1nc(OC2CCNCC2)c2cc(Cl)ccc21. The third kappa shape index (κ3) is 2.85. The largest absolute Gasteiger partial charge is 0.473 e. The molecule has 24 heavy (non-hydrogen) atoms. The van der Waals surface area contributed by atoms with Crippen LogP contribution in [0.25, 0.3) is 16.6 Å². The number of benzene rings is 2. The molecule has 1 saturated heterocycles. The van der Waals surface area contributed by atoms with Crippen LogP contribution in [0.5, 0.6) is 5.88 Å². The first-order valence-electron chi connectivity index (χ1n) is 8.03. The molecule has 1 aliphatic heterocycles. The number of hydrogen-bond donors (Lipinski definition) is 1. The molecule has 3 aromatic rings. The van der Waals surface area contributed by atoms with Gasteiger partial charge in [-0.2, -0.15) is 0 Å². The fourth-order valence-electron chi connectivity index (χ4n) is 3.03. The van der Waals surface area contributed by atoms with E-state index in [0.717, 1.165) is 36.8 Å². The monoisotopic (exact) mass is 345 g/mol. The maximum Gasteiger partial charge on any atom is 0.241 e. The molecule has 0 unspecified atom stereocenters. The van der Waals surface area contributed by atoms with Crippen molar-refractivity contribution in [2.75, 3.05) is 13.1 Å². The fraction of sp³-hybridized carbons (Fsp3) is 0.278. The summed E-state index contributed by atoms with van der Waals surface area (Å²) in [5.41, 5.74) is 1.17. The molecule has 0 atom stereocenters. The molecule has 1 N–H and O–H groups in total. The molecule has 2 aromatic carbocycles. The average Bonchev–Trinajstić information content (AvgIpc) is 2.94. The molecule has 4 rings (SSSR count). The number of ether oxygens (including phenoxy) is 1. The van der Waals surface area contributed by atoms with Gasteiger partial charge in [-0.25, -0.2) is 9.07 Å². The van der Waals surface area contributed by atoms with Crippen molar-refractivity contribution in [2.45, 2.75) is 18.9 Å². The Morgan fingerprint density at radius 2 is 1.96 bits per heavy atom. The van der Waals surface area contributed by atoms with Crippen LogP contribution in [-0.2, 0) is 0 Å². The summed E-state index contributed by atoms with van der Waals surface area (Å²) in [6.45, 7) is 1.86. The van der Waals surface area contributed by atoms with E-state index < -0.39 is 0 Å². The summed E-state index contributed by atoms with van der Waals surface area (Å²) in [5, 5.41) is 9.24. The average molecular weight is 346 g/mol. The molecule has 0 spiro atoms. The minimum Gasteiger partial charge on any atom is -0.473 e. The molecule has 1 fully saturated rings. The molecule has 0 bridgehead atoms. The maximum atomic E-state index is 14.2. The Hall–Kier alpha value is -2.11. The predicted molar refractivity (Wildman–Crippen MR) is 92.6 cm³/mol. The second kappa shape index (κ2) is 6.42. The van der Waals surface area contributed by atoms with E-state index in [9.17, 15) is 4.39 Å². The highest BCUT2D eigenvalue weighted by atomic mass is 35.5. The van der Waals surface area contributed by atoms with Gasteiger partial charge in [-0.15, -0.1) is 5.10 Å². The molecule has 4 nitrogen and oxygen atoms in total. The molecule has 0 aliphatic carbocycles. The van der Waals surface area contributed by atoms with E-state index in [1.165, 1.54) is 6.07 Å². The molecule has 0 saturated carbocycles. The lowest BCUT2D eigenvalue weighted by Gasteiger charge is -2.22. The van der Waals surface area contributed by atoms with Gasteiger partial charge in [-0.1, -0.05) is 23.7 Å². The van der Waals surface area contributed by atoms with Crippen molar-refractivity contribution in [1.82, 2.24) is 15.1 Å². The van der Waals surface area contributed by atoms with E-state index in [-0.39, 0.29) is 11.9 Å². The van der Waals surface area contributed by atoms with Crippen molar-refractivity contribution in [3.05, 3.63) is 53.3 Å². The highest BCUT2D eigenvalue weighted by molar-refractivity contribution is 6.31. The number of rotatable bonds is 3. The summed E-state index contributed by atoms with van der Waals surface area (Å²) in [6, 6.07) is 12.0. The molecule has 2 heterocycles. The minimum absolute atomic E-state index is 0.109. The lowest BCUT2D eigenvalue weighted by molar-refractivity contribution is 0.157. The number of nitrogens with one attached hydrogen (secondary N) is 1. The third-order valence-corrected chi connectivity index (χ3v) is 4.49. The maximum absolute atomic E-state index is 14.2. The van der Waals surface area contributed by atoms with Gasteiger partial charge in [-0.05, 0) is 56.3 Å². The number of para-hydroxylation sites is 1. The van der Waals surface area contributed by atoms with Gasteiger partial charge in [0.1, 0.15) is 17.6 Å². The van der Waals surface area contributed by atoms with Gasteiger partial charge in [0, 0.05) is 5.02 Å². The van der Waals surface area contributed by atoms with Crippen molar-refractivity contribution in [3.63, 3.8) is 0 Å². The van der Waals surface area contributed by atoms with Crippen molar-refractivity contribution in [2.24, 2.45) is 0 Å². The van der Waals surface area contributed by atoms with Gasteiger partial charge in [0.15, 0.2) is 0 Å². The number of nitrogens with zero attached hydrogens (tertiary/aromatic N) is 2. The molecule has 0 amide bonds. The zero-order chi connectivity index (χ0) is 16.5. The lowest BCUT2D eigenvalue weighted by Crippen LogP contribution is -2.34. The molecule has 6 heteroatoms. The van der Waals surface area contributed by atoms with Crippen molar-refractivity contribution >= 4 is 22.5 Å². The Morgan fingerprint density at radius 3 is 2.75 bits per heavy atom. The Morgan fingerprint density at radius 1 is 1.17 bits per heavy atom. The Bertz CT molecular complexity index is 874. The molecule has 1 aromatic heterocycles. The fourth-order valence-corrected chi connectivity index (χ4v) is 3.20. The Kier molecular flexibility index (Phi) is 4.12. The molecular weight excluding hydrogens is 329 g/mol. The lowest BCUT2D eigenvalue weighted by atomic mass is 10.1. The molecular formula is C18H17ClFN3O. The van der Waals surface area contributed by atoms with E-state index in [0.29, 0.717) is 16.6 Å². The van der Waals surface area contributed by atoms with Crippen molar-refractivity contribution in [1.29, 1.82) is 0 Å². The number of aromatic nitrogens is 2. The van der Waals surface area contributed by atoms with Gasteiger partial charge in [0.2, 0.25) is 5.88 Å². The zero-order valence-electron chi connectivity index (χ0n) is 13.0. The first-order valence-corrected chi connectivity index (χ1v) is 8.41. The summed E-state index contributed by atoms with van der Waals surface area (Å²) in [6.07, 6.45) is 1.96. The minimum atomic E-state index is -0.328. The van der Waals surface area contributed by atoms with Gasteiger partial charge in [0.05, 0.1) is 10.9 Å². The topological polar surface area (TPSA) is 39.1 Å². The first kappa shape index (κ1) is 15.4. The van der Waals surface area contributed by atoms with Gasteiger partial charge >= 0.3 is 0 Å². The van der Waals surface area contributed by atoms with E-state index in [4.69, 9.17) is 16.3 Å². The van der Waals surface area contributed by atoms with Crippen LogP contribution in [0.4, 0.5) is 4.39 Å². The van der Waals surface area contributed by atoms with Crippen LogP contribution in [-0.4, -0.2) is 29.0 Å². The summed E-state index contributed by atoms with van der Waals surface area (Å²) < 4.78 is 21.9. The summed E-state index contributed by atoms with van der Waals surface area (Å²) in [4.78, 5) is 0. The van der Waals surface area contributed by atoms with E-state index >= 15 is 0 Å². The first-order chi connectivity index (χ1) is 11.7. The molecule has 124 valence electrons. The van der Waals surface area contributed by atoms with Crippen LogP contribution in [0.15, 0.2) is 42.5 Å². The second-order valence-electron chi connectivity index (χ2n) is 5.90. The van der Waals surface area contributed by atoms with E-state index in [2.05, 4.69) is 10.4 Å². The highest BCUT2D eigenvalue weighted by Gasteiger charge is 2.20. The van der Waals surface area contributed by atoms with E-state index in [1.807, 2.05) is 12.1 Å². The normalized spacial score (nSPS) is 15.8. The van der Waals surface area contributed by atoms with Crippen LogP contribution in [0.1, 0.15) is 12.8 Å². The van der Waals surface area contributed by atoms with Gasteiger partial charge < -0.3 is 10.1 Å². The Labute approximate surface area is 144 Å². The van der Waals surface area contributed by atoms with Crippen LogP contribution in [0.3, 0.4) is 0 Å². The zero-order valence-corrected chi connectivity index (χ0v) is 13.8. The van der Waals surface area contributed by atoms with Gasteiger partial charge in [0.25, 0.3) is 0 Å². The number of halogens is 2. The predicted octanol–water partition coefficient (Wildman–Crippen LogP) is 3.95. The van der Waals surface area contributed by atoms with Crippen LogP contribution < -0.4 is 10.1 Å².